The summed E-state index contributed by atoms with van der Waals surface area (Å²) in [5.74, 6) is 2.13. The highest BCUT2D eigenvalue weighted by atomic mass is 16.5. The average Bonchev–Trinajstić information content (AvgIpc) is 3.10. The first-order valence-electron chi connectivity index (χ1n) is 8.11. The second kappa shape index (κ2) is 9.05. The molecular weight excluding hydrogens is 268 g/mol. The zero-order valence-electron chi connectivity index (χ0n) is 13.0. The van der Waals surface area contributed by atoms with Gasteiger partial charge in [0.2, 0.25) is 0 Å². The Morgan fingerprint density at radius 1 is 1.14 bits per heavy atom. The molecule has 0 spiro atoms. The molecule has 0 saturated heterocycles. The topological polar surface area (TPSA) is 59.6 Å². The Bertz CT molecular complexity index is 330. The molecule has 2 rings (SSSR count). The molecule has 0 heterocycles. The van der Waals surface area contributed by atoms with E-state index in [-0.39, 0.29) is 6.09 Å². The van der Waals surface area contributed by atoms with Crippen LogP contribution in [0.2, 0.25) is 0 Å². The van der Waals surface area contributed by atoms with Crippen molar-refractivity contribution in [2.45, 2.75) is 25.7 Å². The molecule has 0 aliphatic heterocycles. The summed E-state index contributed by atoms with van der Waals surface area (Å²) in [6.07, 6.45) is 9.10. The maximum atomic E-state index is 11.6. The maximum absolute atomic E-state index is 11.6. The Labute approximate surface area is 127 Å². The van der Waals surface area contributed by atoms with Crippen LogP contribution in [-0.4, -0.2) is 46.1 Å². The predicted molar refractivity (Wildman–Crippen MR) is 82.2 cm³/mol. The fourth-order valence-corrected chi connectivity index (χ4v) is 3.17. The van der Waals surface area contributed by atoms with E-state index in [0.29, 0.717) is 32.3 Å². The monoisotopic (exact) mass is 296 g/mol. The summed E-state index contributed by atoms with van der Waals surface area (Å²) < 4.78 is 10.7. The summed E-state index contributed by atoms with van der Waals surface area (Å²) in [5, 5.41) is 5.73. The van der Waals surface area contributed by atoms with Gasteiger partial charge < -0.3 is 20.1 Å². The van der Waals surface area contributed by atoms with Crippen molar-refractivity contribution in [2.75, 3.05) is 40.0 Å². The van der Waals surface area contributed by atoms with Crippen LogP contribution in [-0.2, 0) is 9.47 Å². The molecule has 2 N–H and O–H groups in total. The summed E-state index contributed by atoms with van der Waals surface area (Å²) in [4.78, 5) is 11.6. The number of fused-ring (bicyclic) bond motifs is 1. The van der Waals surface area contributed by atoms with Crippen LogP contribution in [0.1, 0.15) is 25.7 Å². The second-order valence-corrected chi connectivity index (χ2v) is 5.86. The Morgan fingerprint density at radius 3 is 2.48 bits per heavy atom. The molecule has 0 aromatic carbocycles. The Balaban J connectivity index is 1.50. The van der Waals surface area contributed by atoms with Gasteiger partial charge in [-0.1, -0.05) is 12.2 Å². The quantitative estimate of drug-likeness (QED) is 0.531. The third-order valence-electron chi connectivity index (χ3n) is 4.43. The lowest BCUT2D eigenvalue weighted by atomic mass is 10.1. The van der Waals surface area contributed by atoms with E-state index >= 15 is 0 Å². The van der Waals surface area contributed by atoms with Gasteiger partial charge in [0.15, 0.2) is 0 Å². The van der Waals surface area contributed by atoms with E-state index in [4.69, 9.17) is 9.47 Å². The van der Waals surface area contributed by atoms with E-state index in [1.807, 2.05) is 7.05 Å². The highest BCUT2D eigenvalue weighted by molar-refractivity contribution is 5.67. The smallest absolute Gasteiger partial charge is 0.407 e. The average molecular weight is 296 g/mol. The number of carbonyl (C=O) groups excluding carboxylic acids is 1. The fraction of sp³-hybridized carbons (Fsp3) is 0.812. The molecule has 3 atom stereocenters. The molecule has 120 valence electrons. The van der Waals surface area contributed by atoms with Crippen LogP contribution in [0.3, 0.4) is 0 Å². The lowest BCUT2D eigenvalue weighted by Crippen LogP contribution is -2.29. The molecule has 2 aliphatic carbocycles. The van der Waals surface area contributed by atoms with Crippen LogP contribution in [0.5, 0.6) is 0 Å². The highest BCUT2D eigenvalue weighted by Gasteiger charge is 2.49. The minimum atomic E-state index is -0.315. The summed E-state index contributed by atoms with van der Waals surface area (Å²) >= 11 is 0. The minimum Gasteiger partial charge on any atom is -0.449 e. The molecule has 0 bridgehead atoms. The molecule has 5 heteroatoms. The van der Waals surface area contributed by atoms with Crippen LogP contribution >= 0.6 is 0 Å². The number of ether oxygens (including phenoxy) is 2. The number of allylic oxidation sites excluding steroid dienone is 2. The normalized spacial score (nSPS) is 28.9. The van der Waals surface area contributed by atoms with E-state index in [2.05, 4.69) is 22.8 Å². The first kappa shape index (κ1) is 16.3. The molecule has 0 aromatic rings. The number of rotatable bonds is 8. The fourth-order valence-electron chi connectivity index (χ4n) is 3.17. The summed E-state index contributed by atoms with van der Waals surface area (Å²) in [6, 6.07) is 0. The van der Waals surface area contributed by atoms with E-state index < -0.39 is 0 Å². The molecule has 1 saturated carbocycles. The van der Waals surface area contributed by atoms with Gasteiger partial charge in [0, 0.05) is 13.1 Å². The first-order valence-corrected chi connectivity index (χ1v) is 8.11. The third-order valence-corrected chi connectivity index (χ3v) is 4.43. The Hall–Kier alpha value is -1.07. The van der Waals surface area contributed by atoms with Crippen LogP contribution in [0.25, 0.3) is 0 Å². The number of amides is 1. The maximum Gasteiger partial charge on any atom is 0.407 e. The van der Waals surface area contributed by atoms with Crippen molar-refractivity contribution in [1.82, 2.24) is 10.6 Å². The lowest BCUT2D eigenvalue weighted by Gasteiger charge is -2.07. The van der Waals surface area contributed by atoms with E-state index in [1.54, 1.807) is 0 Å². The highest BCUT2D eigenvalue weighted by Crippen LogP contribution is 2.52. The number of carbonyl (C=O) groups is 1. The number of nitrogens with one attached hydrogen (secondary N) is 2. The Kier molecular flexibility index (Phi) is 7.03. The predicted octanol–water partition coefficient (Wildman–Crippen LogP) is 1.94. The van der Waals surface area contributed by atoms with Gasteiger partial charge >= 0.3 is 6.09 Å². The zero-order chi connectivity index (χ0) is 14.9. The molecule has 1 amide bonds. The van der Waals surface area contributed by atoms with Gasteiger partial charge in [0.05, 0.1) is 19.8 Å². The number of hydrogen-bond acceptors (Lipinski definition) is 4. The molecule has 2 aliphatic rings. The SMILES string of the molecule is CNCCOCCNC(=O)OCC1[C@H]2CC/C=C\CC[C@@H]12. The van der Waals surface area contributed by atoms with Gasteiger partial charge in [-0.2, -0.15) is 0 Å². The van der Waals surface area contributed by atoms with Gasteiger partial charge in [-0.15, -0.1) is 0 Å². The lowest BCUT2D eigenvalue weighted by molar-refractivity contribution is 0.119. The molecular formula is C16H28N2O3. The van der Waals surface area contributed by atoms with Crippen molar-refractivity contribution >= 4 is 6.09 Å². The van der Waals surface area contributed by atoms with Crippen molar-refractivity contribution in [3.8, 4) is 0 Å². The van der Waals surface area contributed by atoms with Crippen LogP contribution < -0.4 is 10.6 Å². The third kappa shape index (κ3) is 5.67. The van der Waals surface area contributed by atoms with Crippen LogP contribution in [0.15, 0.2) is 12.2 Å². The molecule has 1 unspecified atom stereocenters. The minimum absolute atomic E-state index is 0.315. The van der Waals surface area contributed by atoms with E-state index in [0.717, 1.165) is 18.4 Å². The van der Waals surface area contributed by atoms with Crippen LogP contribution in [0, 0.1) is 17.8 Å². The largest absolute Gasteiger partial charge is 0.449 e. The number of alkyl carbamates (subject to hydrolysis) is 1. The van der Waals surface area contributed by atoms with E-state index in [9.17, 15) is 4.79 Å². The zero-order valence-corrected chi connectivity index (χ0v) is 13.0. The molecule has 0 aromatic heterocycles. The first-order chi connectivity index (χ1) is 10.3. The van der Waals surface area contributed by atoms with Gasteiger partial charge in [-0.05, 0) is 50.5 Å². The van der Waals surface area contributed by atoms with Gasteiger partial charge in [-0.25, -0.2) is 4.79 Å². The number of likely N-dealkylation sites (N-methyl/N-ethyl adjacent to an activating group) is 1. The second-order valence-electron chi connectivity index (χ2n) is 5.86. The van der Waals surface area contributed by atoms with Gasteiger partial charge in [0.1, 0.15) is 0 Å². The standard InChI is InChI=1S/C16H28N2O3/c1-17-8-10-20-11-9-18-16(19)21-12-15-13-6-4-2-3-5-7-14(13)15/h2-3,13-15,17H,4-12H2,1H3,(H,18,19)/b3-2-/t13-,14+,15?. The molecule has 0 radical (unpaired) electrons. The summed E-state index contributed by atoms with van der Waals surface area (Å²) in [6.45, 7) is 3.08. The molecule has 5 nitrogen and oxygen atoms in total. The van der Waals surface area contributed by atoms with Crippen molar-refractivity contribution in [2.24, 2.45) is 17.8 Å². The van der Waals surface area contributed by atoms with Gasteiger partial charge in [-0.3, -0.25) is 0 Å². The van der Waals surface area contributed by atoms with Crippen molar-refractivity contribution in [1.29, 1.82) is 0 Å². The summed E-state index contributed by atoms with van der Waals surface area (Å²) in [5.41, 5.74) is 0. The van der Waals surface area contributed by atoms with Crippen molar-refractivity contribution < 1.29 is 14.3 Å². The van der Waals surface area contributed by atoms with Gasteiger partial charge in [0.25, 0.3) is 0 Å². The summed E-state index contributed by atoms with van der Waals surface area (Å²) in [7, 11) is 1.88. The van der Waals surface area contributed by atoms with E-state index in [1.165, 1.54) is 25.7 Å². The van der Waals surface area contributed by atoms with Crippen LogP contribution in [0.4, 0.5) is 4.79 Å². The molecule has 1 fully saturated rings. The van der Waals surface area contributed by atoms with Crippen molar-refractivity contribution in [3.05, 3.63) is 12.2 Å². The molecule has 21 heavy (non-hydrogen) atoms. The Morgan fingerprint density at radius 2 is 1.81 bits per heavy atom. The number of hydrogen-bond donors (Lipinski definition) is 2. The van der Waals surface area contributed by atoms with Crippen molar-refractivity contribution in [3.63, 3.8) is 0 Å².